The van der Waals surface area contributed by atoms with Crippen molar-refractivity contribution in [2.45, 2.75) is 0 Å². The van der Waals surface area contributed by atoms with Gasteiger partial charge in [-0.05, 0) is 36.5 Å². The topological polar surface area (TPSA) is 97.9 Å². The number of hydrazine groups is 1. The van der Waals surface area contributed by atoms with E-state index in [1.807, 2.05) is 0 Å². The number of para-hydroxylation sites is 2. The Labute approximate surface area is 180 Å². The highest BCUT2D eigenvalue weighted by atomic mass is 32.1. The molecule has 0 saturated carbocycles. The van der Waals surface area contributed by atoms with Crippen LogP contribution in [0.3, 0.4) is 0 Å². The fourth-order valence-corrected chi connectivity index (χ4v) is 2.47. The zero-order valence-electron chi connectivity index (χ0n) is 16.5. The Morgan fingerprint density at radius 3 is 2.17 bits per heavy atom. The van der Waals surface area contributed by atoms with E-state index < -0.39 is 11.8 Å². The first-order chi connectivity index (χ1) is 14.6. The normalized spacial score (nSPS) is 9.90. The molecule has 0 aliphatic rings. The highest BCUT2D eigenvalue weighted by Crippen LogP contribution is 2.18. The third kappa shape index (κ3) is 6.87. The number of methoxy groups -OCH3 is 1. The second-order valence-corrected chi connectivity index (χ2v) is 6.20. The van der Waals surface area contributed by atoms with Crippen molar-refractivity contribution >= 4 is 29.1 Å². The van der Waals surface area contributed by atoms with E-state index in [1.165, 1.54) is 0 Å². The number of carbonyl (C=O) groups is 2. The standard InChI is InChI=1S/C21H23N3O5S/c1-3-12-28-18-11-7-5-9-16(18)20(26)23-24-21(30)22-19(25)15-8-4-6-10-17(15)29-14-13-27-2/h3-11H,1,12-14H2,2H3,(H,23,26)(H2,22,24,25,30). The van der Waals surface area contributed by atoms with Gasteiger partial charge in [-0.2, -0.15) is 0 Å². The summed E-state index contributed by atoms with van der Waals surface area (Å²) in [7, 11) is 1.56. The maximum absolute atomic E-state index is 12.5. The lowest BCUT2D eigenvalue weighted by Crippen LogP contribution is -2.48. The van der Waals surface area contributed by atoms with Crippen LogP contribution in [-0.2, 0) is 4.74 Å². The molecule has 0 saturated heterocycles. The van der Waals surface area contributed by atoms with Crippen LogP contribution >= 0.6 is 12.2 Å². The highest BCUT2D eigenvalue weighted by Gasteiger charge is 2.15. The molecule has 0 atom stereocenters. The molecule has 0 aromatic heterocycles. The Kier molecular flexibility index (Phi) is 9.29. The zero-order chi connectivity index (χ0) is 21.8. The molecule has 9 heteroatoms. The summed E-state index contributed by atoms with van der Waals surface area (Å²) in [5, 5.41) is 2.41. The summed E-state index contributed by atoms with van der Waals surface area (Å²) in [5.41, 5.74) is 5.53. The molecule has 3 N–H and O–H groups in total. The third-order valence-electron chi connectivity index (χ3n) is 3.68. The zero-order valence-corrected chi connectivity index (χ0v) is 17.3. The first-order valence-corrected chi connectivity index (χ1v) is 9.42. The Bertz CT molecular complexity index is 904. The van der Waals surface area contributed by atoms with Gasteiger partial charge in [-0.25, -0.2) is 0 Å². The van der Waals surface area contributed by atoms with Crippen LogP contribution in [0.15, 0.2) is 61.2 Å². The number of rotatable bonds is 9. The second kappa shape index (κ2) is 12.2. The minimum absolute atomic E-state index is 0.0791. The number of hydrogen-bond donors (Lipinski definition) is 3. The number of hydrogen-bond acceptors (Lipinski definition) is 6. The van der Waals surface area contributed by atoms with Gasteiger partial charge in [-0.15, -0.1) is 0 Å². The van der Waals surface area contributed by atoms with Crippen molar-refractivity contribution in [1.82, 2.24) is 16.2 Å². The molecular weight excluding hydrogens is 406 g/mol. The maximum atomic E-state index is 12.5. The quantitative estimate of drug-likeness (QED) is 0.243. The molecule has 30 heavy (non-hydrogen) atoms. The molecule has 2 aromatic rings. The molecule has 2 amide bonds. The summed E-state index contributed by atoms with van der Waals surface area (Å²) in [6.07, 6.45) is 1.58. The van der Waals surface area contributed by atoms with E-state index in [2.05, 4.69) is 22.7 Å². The van der Waals surface area contributed by atoms with Crippen LogP contribution in [0.5, 0.6) is 11.5 Å². The number of amides is 2. The molecule has 2 aromatic carbocycles. The summed E-state index contributed by atoms with van der Waals surface area (Å²) >= 11 is 5.09. The van der Waals surface area contributed by atoms with Gasteiger partial charge in [0.1, 0.15) is 24.7 Å². The Hall–Kier alpha value is -3.43. The van der Waals surface area contributed by atoms with Crippen LogP contribution in [0.25, 0.3) is 0 Å². The monoisotopic (exact) mass is 429 g/mol. The lowest BCUT2D eigenvalue weighted by atomic mass is 10.2. The molecule has 0 spiro atoms. The largest absolute Gasteiger partial charge is 0.490 e. The Morgan fingerprint density at radius 1 is 0.933 bits per heavy atom. The van der Waals surface area contributed by atoms with Crippen molar-refractivity contribution in [3.63, 3.8) is 0 Å². The number of nitrogens with one attached hydrogen (secondary N) is 3. The molecular formula is C21H23N3O5S. The van der Waals surface area contributed by atoms with E-state index in [1.54, 1.807) is 61.7 Å². The smallest absolute Gasteiger partial charge is 0.273 e. The van der Waals surface area contributed by atoms with Gasteiger partial charge in [0.15, 0.2) is 5.11 Å². The van der Waals surface area contributed by atoms with E-state index in [4.69, 9.17) is 26.4 Å². The first kappa shape index (κ1) is 22.9. The van der Waals surface area contributed by atoms with Gasteiger partial charge in [0, 0.05) is 7.11 Å². The SMILES string of the molecule is C=CCOc1ccccc1C(=O)NNC(=S)NC(=O)c1ccccc1OCCOC. The van der Waals surface area contributed by atoms with Gasteiger partial charge < -0.3 is 14.2 Å². The van der Waals surface area contributed by atoms with Crippen LogP contribution in [0.1, 0.15) is 20.7 Å². The third-order valence-corrected chi connectivity index (χ3v) is 3.89. The molecule has 0 heterocycles. The fourth-order valence-electron chi connectivity index (χ4n) is 2.33. The average Bonchev–Trinajstić information content (AvgIpc) is 2.76. The number of carbonyl (C=O) groups excluding carboxylic acids is 2. The minimum Gasteiger partial charge on any atom is -0.490 e. The van der Waals surface area contributed by atoms with Crippen molar-refractivity contribution in [2.75, 3.05) is 26.9 Å². The lowest BCUT2D eigenvalue weighted by molar-refractivity contribution is 0.0930. The van der Waals surface area contributed by atoms with Crippen molar-refractivity contribution in [3.05, 3.63) is 72.3 Å². The van der Waals surface area contributed by atoms with Crippen molar-refractivity contribution in [3.8, 4) is 11.5 Å². The van der Waals surface area contributed by atoms with Crippen molar-refractivity contribution < 1.29 is 23.8 Å². The molecule has 2 rings (SSSR count). The van der Waals surface area contributed by atoms with Gasteiger partial charge in [-0.1, -0.05) is 36.9 Å². The highest BCUT2D eigenvalue weighted by molar-refractivity contribution is 7.80. The van der Waals surface area contributed by atoms with Gasteiger partial charge in [0.25, 0.3) is 11.8 Å². The van der Waals surface area contributed by atoms with E-state index in [-0.39, 0.29) is 11.7 Å². The summed E-state index contributed by atoms with van der Waals surface area (Å²) in [4.78, 5) is 24.9. The van der Waals surface area contributed by atoms with Crippen LogP contribution < -0.4 is 25.6 Å². The maximum Gasteiger partial charge on any atom is 0.273 e. The summed E-state index contributed by atoms with van der Waals surface area (Å²) in [6.45, 7) is 4.53. The molecule has 0 fully saturated rings. The molecule has 8 nitrogen and oxygen atoms in total. The van der Waals surface area contributed by atoms with Gasteiger partial charge in [0.2, 0.25) is 0 Å². The Balaban J connectivity index is 1.93. The summed E-state index contributed by atoms with van der Waals surface area (Å²) in [5.74, 6) is -0.167. The van der Waals surface area contributed by atoms with Gasteiger partial charge in [-0.3, -0.25) is 25.8 Å². The average molecular weight is 429 g/mol. The lowest BCUT2D eigenvalue weighted by Gasteiger charge is -2.14. The predicted octanol–water partition coefficient (Wildman–Crippen LogP) is 2.23. The molecule has 0 radical (unpaired) electrons. The van der Waals surface area contributed by atoms with Crippen molar-refractivity contribution in [2.24, 2.45) is 0 Å². The minimum atomic E-state index is -0.482. The first-order valence-electron chi connectivity index (χ1n) is 9.02. The van der Waals surface area contributed by atoms with E-state index >= 15 is 0 Å². The predicted molar refractivity (Wildman–Crippen MR) is 117 cm³/mol. The van der Waals surface area contributed by atoms with Crippen LogP contribution in [0.4, 0.5) is 0 Å². The van der Waals surface area contributed by atoms with E-state index in [0.717, 1.165) is 0 Å². The number of ether oxygens (including phenoxy) is 3. The summed E-state index contributed by atoms with van der Waals surface area (Å²) in [6, 6.07) is 13.5. The second-order valence-electron chi connectivity index (χ2n) is 5.80. The fraction of sp³-hybridized carbons (Fsp3) is 0.190. The van der Waals surface area contributed by atoms with E-state index in [9.17, 15) is 9.59 Å². The summed E-state index contributed by atoms with van der Waals surface area (Å²) < 4.78 is 15.9. The number of benzene rings is 2. The van der Waals surface area contributed by atoms with Crippen molar-refractivity contribution in [1.29, 1.82) is 0 Å². The molecule has 158 valence electrons. The molecule has 0 bridgehead atoms. The van der Waals surface area contributed by atoms with Gasteiger partial charge in [0.05, 0.1) is 17.7 Å². The molecule has 0 aliphatic carbocycles. The number of thiocarbonyl (C=S) groups is 1. The van der Waals surface area contributed by atoms with Gasteiger partial charge >= 0.3 is 0 Å². The van der Waals surface area contributed by atoms with Crippen LogP contribution in [0, 0.1) is 0 Å². The molecule has 0 unspecified atom stereocenters. The Morgan fingerprint density at radius 2 is 1.53 bits per heavy atom. The molecule has 0 aliphatic heterocycles. The van der Waals surface area contributed by atoms with Crippen LogP contribution in [0.2, 0.25) is 0 Å². The van der Waals surface area contributed by atoms with E-state index in [0.29, 0.717) is 35.8 Å². The van der Waals surface area contributed by atoms with Crippen LogP contribution in [-0.4, -0.2) is 43.9 Å².